The lowest BCUT2D eigenvalue weighted by molar-refractivity contribution is 0.231. The molecule has 0 aromatic carbocycles. The Labute approximate surface area is 109 Å². The first-order valence-electron chi connectivity index (χ1n) is 6.95. The number of rotatable bonds is 3. The van der Waals surface area contributed by atoms with Gasteiger partial charge in [0.1, 0.15) is 0 Å². The van der Waals surface area contributed by atoms with Crippen LogP contribution in [-0.4, -0.2) is 49.2 Å². The van der Waals surface area contributed by atoms with Gasteiger partial charge in [0, 0.05) is 55.9 Å². The second-order valence-corrected chi connectivity index (χ2v) is 5.31. The lowest BCUT2D eigenvalue weighted by Crippen LogP contribution is -2.50. The van der Waals surface area contributed by atoms with Crippen LogP contribution in [0.2, 0.25) is 0 Å². The zero-order valence-corrected chi connectivity index (χ0v) is 11.1. The largest absolute Gasteiger partial charge is 0.368 e. The molecular formula is C14H22N4. The van der Waals surface area contributed by atoms with Gasteiger partial charge in [-0.2, -0.15) is 0 Å². The van der Waals surface area contributed by atoms with E-state index in [2.05, 4.69) is 26.2 Å². The van der Waals surface area contributed by atoms with E-state index in [0.717, 1.165) is 19.1 Å². The molecule has 1 aromatic rings. The van der Waals surface area contributed by atoms with Crippen LogP contribution in [0, 0.1) is 0 Å². The van der Waals surface area contributed by atoms with E-state index in [4.69, 9.17) is 0 Å². The summed E-state index contributed by atoms with van der Waals surface area (Å²) in [5.74, 6) is 0. The highest BCUT2D eigenvalue weighted by atomic mass is 15.3. The highest BCUT2D eigenvalue weighted by molar-refractivity contribution is 5.52. The maximum Gasteiger partial charge on any atom is 0.0443 e. The van der Waals surface area contributed by atoms with Crippen molar-refractivity contribution in [3.8, 4) is 0 Å². The summed E-state index contributed by atoms with van der Waals surface area (Å²) in [7, 11) is 1.99. The normalized spacial score (nSPS) is 24.3. The van der Waals surface area contributed by atoms with E-state index < -0.39 is 0 Å². The van der Waals surface area contributed by atoms with Crippen molar-refractivity contribution >= 4 is 5.69 Å². The second-order valence-electron chi connectivity index (χ2n) is 5.31. The Hall–Kier alpha value is -1.13. The molecule has 0 radical (unpaired) electrons. The molecular weight excluding hydrogens is 224 g/mol. The van der Waals surface area contributed by atoms with Gasteiger partial charge in [-0.25, -0.2) is 0 Å². The first kappa shape index (κ1) is 11.9. The number of nitrogens with one attached hydrogen (secondary N) is 1. The van der Waals surface area contributed by atoms with Crippen LogP contribution in [-0.2, 0) is 6.54 Å². The number of anilines is 1. The third-order valence-corrected chi connectivity index (χ3v) is 4.17. The standard InChI is InChI=1S/C14H22N4/c1-15-9-12-10-16-5-4-14(12)18-8-7-17-6-2-3-13(17)11-18/h4-5,10,13,15H,2-3,6-9,11H2,1H3. The SMILES string of the molecule is CNCc1cnccc1N1CCN2CCCC2C1. The zero-order chi connectivity index (χ0) is 12.4. The summed E-state index contributed by atoms with van der Waals surface area (Å²) >= 11 is 0. The van der Waals surface area contributed by atoms with Crippen LogP contribution in [0.5, 0.6) is 0 Å². The van der Waals surface area contributed by atoms with E-state index in [-0.39, 0.29) is 0 Å². The van der Waals surface area contributed by atoms with Crippen molar-refractivity contribution in [1.82, 2.24) is 15.2 Å². The highest BCUT2D eigenvalue weighted by Crippen LogP contribution is 2.27. The van der Waals surface area contributed by atoms with E-state index >= 15 is 0 Å². The fourth-order valence-electron chi connectivity index (χ4n) is 3.26. The second kappa shape index (κ2) is 5.24. The van der Waals surface area contributed by atoms with Gasteiger partial charge >= 0.3 is 0 Å². The fraction of sp³-hybridized carbons (Fsp3) is 0.643. The van der Waals surface area contributed by atoms with Gasteiger partial charge in [-0.15, -0.1) is 0 Å². The smallest absolute Gasteiger partial charge is 0.0443 e. The van der Waals surface area contributed by atoms with Gasteiger partial charge < -0.3 is 10.2 Å². The van der Waals surface area contributed by atoms with Crippen molar-refractivity contribution in [2.45, 2.75) is 25.4 Å². The van der Waals surface area contributed by atoms with E-state index in [1.54, 1.807) is 0 Å². The molecule has 0 amide bonds. The predicted molar refractivity (Wildman–Crippen MR) is 73.8 cm³/mol. The molecule has 3 rings (SSSR count). The minimum atomic E-state index is 0.773. The summed E-state index contributed by atoms with van der Waals surface area (Å²) in [5, 5.41) is 3.23. The third-order valence-electron chi connectivity index (χ3n) is 4.17. The number of aromatic nitrogens is 1. The molecule has 18 heavy (non-hydrogen) atoms. The Balaban J connectivity index is 1.78. The summed E-state index contributed by atoms with van der Waals surface area (Å²) in [5.41, 5.74) is 2.68. The number of piperazine rings is 1. The predicted octanol–water partition coefficient (Wildman–Crippen LogP) is 1.09. The minimum absolute atomic E-state index is 0.773. The topological polar surface area (TPSA) is 31.4 Å². The molecule has 1 atom stereocenters. The molecule has 2 saturated heterocycles. The first-order valence-corrected chi connectivity index (χ1v) is 6.95. The van der Waals surface area contributed by atoms with Crippen LogP contribution in [0.3, 0.4) is 0 Å². The van der Waals surface area contributed by atoms with Crippen molar-refractivity contribution in [3.63, 3.8) is 0 Å². The van der Waals surface area contributed by atoms with Crippen molar-refractivity contribution in [2.75, 3.05) is 38.1 Å². The molecule has 2 fully saturated rings. The molecule has 4 nitrogen and oxygen atoms in total. The Morgan fingerprint density at radius 2 is 2.33 bits per heavy atom. The van der Waals surface area contributed by atoms with E-state index in [1.165, 1.54) is 43.7 Å². The molecule has 3 heterocycles. The van der Waals surface area contributed by atoms with E-state index in [0.29, 0.717) is 0 Å². The fourth-order valence-corrected chi connectivity index (χ4v) is 3.26. The van der Waals surface area contributed by atoms with Crippen molar-refractivity contribution in [3.05, 3.63) is 24.0 Å². The highest BCUT2D eigenvalue weighted by Gasteiger charge is 2.31. The number of nitrogens with zero attached hydrogens (tertiary/aromatic N) is 3. The number of hydrogen-bond donors (Lipinski definition) is 1. The van der Waals surface area contributed by atoms with E-state index in [1.807, 2.05) is 19.4 Å². The maximum absolute atomic E-state index is 4.25. The summed E-state index contributed by atoms with van der Waals surface area (Å²) in [6, 6.07) is 2.94. The first-order chi connectivity index (χ1) is 8.88. The molecule has 0 spiro atoms. The van der Waals surface area contributed by atoms with Gasteiger partial charge in [0.15, 0.2) is 0 Å². The molecule has 0 saturated carbocycles. The van der Waals surface area contributed by atoms with Gasteiger partial charge in [0.05, 0.1) is 0 Å². The van der Waals surface area contributed by atoms with Crippen LogP contribution in [0.15, 0.2) is 18.5 Å². The van der Waals surface area contributed by atoms with Gasteiger partial charge in [0.25, 0.3) is 0 Å². The van der Waals surface area contributed by atoms with Crippen molar-refractivity contribution < 1.29 is 0 Å². The number of hydrogen-bond acceptors (Lipinski definition) is 4. The van der Waals surface area contributed by atoms with E-state index in [9.17, 15) is 0 Å². The average molecular weight is 246 g/mol. The Bertz CT molecular complexity index is 407. The molecule has 0 bridgehead atoms. The molecule has 1 unspecified atom stereocenters. The van der Waals surface area contributed by atoms with Gasteiger partial charge in [0.2, 0.25) is 0 Å². The van der Waals surface area contributed by atoms with Crippen LogP contribution in [0.25, 0.3) is 0 Å². The van der Waals surface area contributed by atoms with Crippen LogP contribution >= 0.6 is 0 Å². The Morgan fingerprint density at radius 1 is 1.39 bits per heavy atom. The van der Waals surface area contributed by atoms with Crippen molar-refractivity contribution in [1.29, 1.82) is 0 Å². The summed E-state index contributed by atoms with van der Waals surface area (Å²) in [6.45, 7) is 5.75. The van der Waals surface area contributed by atoms with Crippen molar-refractivity contribution in [2.24, 2.45) is 0 Å². The van der Waals surface area contributed by atoms with Crippen LogP contribution in [0.1, 0.15) is 18.4 Å². The van der Waals surface area contributed by atoms with Gasteiger partial charge in [-0.1, -0.05) is 0 Å². The Morgan fingerprint density at radius 3 is 3.22 bits per heavy atom. The lowest BCUT2D eigenvalue weighted by atomic mass is 10.1. The molecule has 2 aliphatic heterocycles. The number of pyridine rings is 1. The molecule has 4 heteroatoms. The Kier molecular flexibility index (Phi) is 3.48. The molecule has 1 aromatic heterocycles. The maximum atomic E-state index is 4.25. The summed E-state index contributed by atoms with van der Waals surface area (Å²) in [6.07, 6.45) is 6.64. The molecule has 1 N–H and O–H groups in total. The van der Waals surface area contributed by atoms with Gasteiger partial charge in [-0.05, 0) is 32.5 Å². The quantitative estimate of drug-likeness (QED) is 0.865. The summed E-state index contributed by atoms with van der Waals surface area (Å²) < 4.78 is 0. The lowest BCUT2D eigenvalue weighted by Gasteiger charge is -2.39. The zero-order valence-electron chi connectivity index (χ0n) is 11.1. The summed E-state index contributed by atoms with van der Waals surface area (Å²) in [4.78, 5) is 9.44. The minimum Gasteiger partial charge on any atom is -0.368 e. The monoisotopic (exact) mass is 246 g/mol. The number of fused-ring (bicyclic) bond motifs is 1. The third kappa shape index (κ3) is 2.22. The molecule has 2 aliphatic rings. The van der Waals surface area contributed by atoms with Crippen LogP contribution in [0.4, 0.5) is 5.69 Å². The van der Waals surface area contributed by atoms with Gasteiger partial charge in [-0.3, -0.25) is 9.88 Å². The average Bonchev–Trinajstić information content (AvgIpc) is 2.87. The molecule has 98 valence electrons. The molecule has 0 aliphatic carbocycles. The van der Waals surface area contributed by atoms with Crippen LogP contribution < -0.4 is 10.2 Å².